The van der Waals surface area contributed by atoms with E-state index in [9.17, 15) is 13.2 Å². The Morgan fingerprint density at radius 3 is 2.40 bits per heavy atom. The molecule has 0 amide bonds. The molecular formula is C18H24ClNO4S. The number of hydrogen-bond donors (Lipinski definition) is 0. The van der Waals surface area contributed by atoms with E-state index in [1.54, 1.807) is 12.1 Å². The highest BCUT2D eigenvalue weighted by molar-refractivity contribution is 7.89. The van der Waals surface area contributed by atoms with Crippen molar-refractivity contribution in [2.45, 2.75) is 55.9 Å². The topological polar surface area (TPSA) is 63.7 Å². The minimum absolute atomic E-state index is 0.00417. The summed E-state index contributed by atoms with van der Waals surface area (Å²) in [6.07, 6.45) is 6.58. The zero-order valence-corrected chi connectivity index (χ0v) is 15.8. The highest BCUT2D eigenvalue weighted by Crippen LogP contribution is 2.27. The maximum absolute atomic E-state index is 12.8. The van der Waals surface area contributed by atoms with E-state index < -0.39 is 10.0 Å². The number of rotatable bonds is 4. The molecule has 138 valence electrons. The van der Waals surface area contributed by atoms with E-state index in [1.165, 1.54) is 22.9 Å². The number of ether oxygens (including phenoxy) is 1. The lowest BCUT2D eigenvalue weighted by atomic mass is 9.96. The van der Waals surface area contributed by atoms with Crippen LogP contribution in [0, 0.1) is 5.92 Å². The summed E-state index contributed by atoms with van der Waals surface area (Å²) in [6, 6.07) is 6.13. The monoisotopic (exact) mass is 385 g/mol. The van der Waals surface area contributed by atoms with Crippen LogP contribution >= 0.6 is 11.6 Å². The summed E-state index contributed by atoms with van der Waals surface area (Å²) in [6.45, 7) is 0.620. The minimum atomic E-state index is -3.61. The maximum Gasteiger partial charge on any atom is 0.310 e. The SMILES string of the molecule is O=C(OC1CCCCC1)C1CCCN(S(=O)(=O)c2ccc(Cl)cc2)C1. The van der Waals surface area contributed by atoms with Crippen LogP contribution in [-0.4, -0.2) is 37.9 Å². The first-order chi connectivity index (χ1) is 12.0. The smallest absolute Gasteiger partial charge is 0.310 e. The Morgan fingerprint density at radius 2 is 1.72 bits per heavy atom. The number of piperidine rings is 1. The molecule has 2 aliphatic rings. The van der Waals surface area contributed by atoms with Crippen molar-refractivity contribution >= 4 is 27.6 Å². The molecule has 0 aromatic heterocycles. The lowest BCUT2D eigenvalue weighted by Gasteiger charge is -2.32. The number of hydrogen-bond acceptors (Lipinski definition) is 4. The number of esters is 1. The summed E-state index contributed by atoms with van der Waals surface area (Å²) in [5.41, 5.74) is 0. The largest absolute Gasteiger partial charge is 0.462 e. The summed E-state index contributed by atoms with van der Waals surface area (Å²) in [5, 5.41) is 0.492. The first-order valence-corrected chi connectivity index (χ1v) is 10.7. The Labute approximate surface area is 154 Å². The summed E-state index contributed by atoms with van der Waals surface area (Å²) in [7, 11) is -3.61. The molecule has 1 aliphatic heterocycles. The molecule has 0 N–H and O–H groups in total. The van der Waals surface area contributed by atoms with Gasteiger partial charge in [0.1, 0.15) is 6.10 Å². The van der Waals surface area contributed by atoms with Gasteiger partial charge in [-0.1, -0.05) is 18.0 Å². The minimum Gasteiger partial charge on any atom is -0.462 e. The van der Waals surface area contributed by atoms with Gasteiger partial charge in [0, 0.05) is 18.1 Å². The van der Waals surface area contributed by atoms with Crippen LogP contribution in [0.4, 0.5) is 0 Å². The second-order valence-electron chi connectivity index (χ2n) is 6.85. The van der Waals surface area contributed by atoms with Crippen LogP contribution in [0.5, 0.6) is 0 Å². The van der Waals surface area contributed by atoms with E-state index in [0.29, 0.717) is 24.4 Å². The van der Waals surface area contributed by atoms with Crippen molar-refractivity contribution in [3.05, 3.63) is 29.3 Å². The van der Waals surface area contributed by atoms with Crippen molar-refractivity contribution in [2.24, 2.45) is 5.92 Å². The van der Waals surface area contributed by atoms with E-state index in [1.807, 2.05) is 0 Å². The molecule has 1 aromatic carbocycles. The predicted octanol–water partition coefficient (Wildman–Crippen LogP) is 3.62. The molecule has 5 nitrogen and oxygen atoms in total. The van der Waals surface area contributed by atoms with Gasteiger partial charge in [-0.3, -0.25) is 4.79 Å². The fourth-order valence-corrected chi connectivity index (χ4v) is 5.20. The molecule has 0 spiro atoms. The third kappa shape index (κ3) is 4.54. The van der Waals surface area contributed by atoms with E-state index in [-0.39, 0.29) is 29.4 Å². The number of halogens is 1. The summed E-state index contributed by atoms with van der Waals surface area (Å²) < 4.78 is 32.6. The molecule has 2 fully saturated rings. The fourth-order valence-electron chi connectivity index (χ4n) is 3.55. The highest BCUT2D eigenvalue weighted by Gasteiger charge is 2.35. The molecule has 1 saturated carbocycles. The van der Waals surface area contributed by atoms with Crippen LogP contribution in [0.2, 0.25) is 5.02 Å². The van der Waals surface area contributed by atoms with Gasteiger partial charge in [-0.05, 0) is 62.8 Å². The molecule has 1 atom stereocenters. The molecule has 7 heteroatoms. The zero-order chi connectivity index (χ0) is 17.9. The van der Waals surface area contributed by atoms with Crippen molar-refractivity contribution in [1.29, 1.82) is 0 Å². The van der Waals surface area contributed by atoms with Gasteiger partial charge in [-0.25, -0.2) is 8.42 Å². The second-order valence-corrected chi connectivity index (χ2v) is 9.23. The van der Waals surface area contributed by atoms with Crippen LogP contribution in [0.1, 0.15) is 44.9 Å². The average Bonchev–Trinajstić information content (AvgIpc) is 2.63. The van der Waals surface area contributed by atoms with Gasteiger partial charge in [0.25, 0.3) is 0 Å². The third-order valence-electron chi connectivity index (χ3n) is 5.00. The zero-order valence-electron chi connectivity index (χ0n) is 14.2. The predicted molar refractivity (Wildman–Crippen MR) is 95.9 cm³/mol. The number of carbonyl (C=O) groups excluding carboxylic acids is 1. The molecule has 0 bridgehead atoms. The summed E-state index contributed by atoms with van der Waals surface area (Å²) in [4.78, 5) is 12.7. The van der Waals surface area contributed by atoms with Gasteiger partial charge in [0.05, 0.1) is 10.8 Å². The van der Waals surface area contributed by atoms with Crippen molar-refractivity contribution in [2.75, 3.05) is 13.1 Å². The van der Waals surface area contributed by atoms with Gasteiger partial charge in [0.2, 0.25) is 10.0 Å². The van der Waals surface area contributed by atoms with Gasteiger partial charge in [0.15, 0.2) is 0 Å². The first kappa shape index (κ1) is 18.7. The first-order valence-electron chi connectivity index (χ1n) is 8.93. The molecule has 1 saturated heterocycles. The Balaban J connectivity index is 1.65. The number of benzene rings is 1. The van der Waals surface area contributed by atoms with E-state index in [4.69, 9.17) is 16.3 Å². The van der Waals surface area contributed by atoms with Gasteiger partial charge < -0.3 is 4.74 Å². The summed E-state index contributed by atoms with van der Waals surface area (Å²) >= 11 is 5.84. The van der Waals surface area contributed by atoms with E-state index >= 15 is 0 Å². The number of carbonyl (C=O) groups is 1. The normalized spacial score (nSPS) is 23.3. The van der Waals surface area contributed by atoms with E-state index in [0.717, 1.165) is 25.7 Å². The Morgan fingerprint density at radius 1 is 1.04 bits per heavy atom. The van der Waals surface area contributed by atoms with Crippen LogP contribution in [0.15, 0.2) is 29.2 Å². The van der Waals surface area contributed by atoms with Crippen LogP contribution in [-0.2, 0) is 19.6 Å². The maximum atomic E-state index is 12.8. The number of sulfonamides is 1. The van der Waals surface area contributed by atoms with Gasteiger partial charge in [-0.15, -0.1) is 0 Å². The van der Waals surface area contributed by atoms with E-state index in [2.05, 4.69) is 0 Å². The lowest BCUT2D eigenvalue weighted by molar-refractivity contribution is -0.156. The molecule has 1 heterocycles. The van der Waals surface area contributed by atoms with Crippen molar-refractivity contribution < 1.29 is 17.9 Å². The molecule has 0 radical (unpaired) electrons. The lowest BCUT2D eigenvalue weighted by Crippen LogP contribution is -2.43. The van der Waals surface area contributed by atoms with Crippen molar-refractivity contribution in [3.63, 3.8) is 0 Å². The fraction of sp³-hybridized carbons (Fsp3) is 0.611. The van der Waals surface area contributed by atoms with Crippen molar-refractivity contribution in [3.8, 4) is 0 Å². The highest BCUT2D eigenvalue weighted by atomic mass is 35.5. The molecule has 1 unspecified atom stereocenters. The molecule has 25 heavy (non-hydrogen) atoms. The number of nitrogens with zero attached hydrogens (tertiary/aromatic N) is 1. The molecule has 1 aromatic rings. The molecule has 3 rings (SSSR count). The Kier molecular flexibility index (Phi) is 6.02. The Bertz CT molecular complexity index is 698. The average molecular weight is 386 g/mol. The van der Waals surface area contributed by atoms with Crippen LogP contribution in [0.3, 0.4) is 0 Å². The molecule has 1 aliphatic carbocycles. The van der Waals surface area contributed by atoms with Gasteiger partial charge in [-0.2, -0.15) is 4.31 Å². The Hall–Kier alpha value is -1.11. The second kappa shape index (κ2) is 8.06. The van der Waals surface area contributed by atoms with Crippen molar-refractivity contribution in [1.82, 2.24) is 4.31 Å². The quantitative estimate of drug-likeness (QED) is 0.742. The standard InChI is InChI=1S/C18H24ClNO4S/c19-15-8-10-17(11-9-15)25(22,23)20-12-4-5-14(13-20)18(21)24-16-6-2-1-3-7-16/h8-11,14,16H,1-7,12-13H2. The van der Waals surface area contributed by atoms with Crippen LogP contribution < -0.4 is 0 Å². The molecular weight excluding hydrogens is 362 g/mol. The third-order valence-corrected chi connectivity index (χ3v) is 7.14. The van der Waals surface area contributed by atoms with Crippen LogP contribution in [0.25, 0.3) is 0 Å². The van der Waals surface area contributed by atoms with Gasteiger partial charge >= 0.3 is 5.97 Å². The summed E-state index contributed by atoms with van der Waals surface area (Å²) in [5.74, 6) is -0.624.